The van der Waals surface area contributed by atoms with Crippen molar-refractivity contribution in [1.29, 1.82) is 5.26 Å². The topological polar surface area (TPSA) is 92.1 Å². The van der Waals surface area contributed by atoms with Gasteiger partial charge in [-0.1, -0.05) is 12.1 Å². The Kier molecular flexibility index (Phi) is 4.26. The minimum Gasteiger partial charge on any atom is -0.465 e. The van der Waals surface area contributed by atoms with Crippen LogP contribution in [0.2, 0.25) is 0 Å². The molecule has 104 valence electrons. The lowest BCUT2D eigenvalue weighted by Gasteiger charge is -2.09. The molecule has 21 heavy (non-hydrogen) atoms. The molecule has 1 N–H and O–H groups in total. The number of anilines is 1. The van der Waals surface area contributed by atoms with Crippen LogP contribution in [0.3, 0.4) is 0 Å². The normalized spacial score (nSPS) is 9.52. The van der Waals surface area contributed by atoms with Crippen molar-refractivity contribution in [3.8, 4) is 6.07 Å². The van der Waals surface area contributed by atoms with E-state index in [1.54, 1.807) is 24.3 Å². The van der Waals surface area contributed by atoms with E-state index in [2.05, 4.69) is 15.0 Å². The molecule has 1 aromatic carbocycles. The van der Waals surface area contributed by atoms with Gasteiger partial charge in [0.15, 0.2) is 0 Å². The number of amides is 1. The molecule has 0 aliphatic heterocycles. The zero-order chi connectivity index (χ0) is 15.2. The number of carbonyl (C=O) groups is 2. The van der Waals surface area contributed by atoms with Gasteiger partial charge in [-0.3, -0.25) is 4.79 Å². The molecule has 0 spiro atoms. The van der Waals surface area contributed by atoms with Crippen LogP contribution in [0.5, 0.6) is 0 Å². The Morgan fingerprint density at radius 1 is 1.24 bits per heavy atom. The number of carbonyl (C=O) groups excluding carboxylic acids is 2. The maximum atomic E-state index is 12.1. The largest absolute Gasteiger partial charge is 0.465 e. The van der Waals surface area contributed by atoms with Crippen molar-refractivity contribution < 1.29 is 14.3 Å². The van der Waals surface area contributed by atoms with Gasteiger partial charge in [0.25, 0.3) is 5.91 Å². The van der Waals surface area contributed by atoms with Gasteiger partial charge in [0, 0.05) is 6.20 Å². The highest BCUT2D eigenvalue weighted by Crippen LogP contribution is 2.16. The Morgan fingerprint density at radius 2 is 2.00 bits per heavy atom. The summed E-state index contributed by atoms with van der Waals surface area (Å²) in [5.41, 5.74) is 1.10. The molecule has 0 fully saturated rings. The number of methoxy groups -OCH3 is 1. The van der Waals surface area contributed by atoms with E-state index in [0.717, 1.165) is 0 Å². The molecule has 0 radical (unpaired) electrons. The van der Waals surface area contributed by atoms with Gasteiger partial charge in [0.05, 0.1) is 23.9 Å². The number of aromatic nitrogens is 1. The highest BCUT2D eigenvalue weighted by atomic mass is 16.5. The molecule has 1 aromatic heterocycles. The molecule has 0 aliphatic rings. The summed E-state index contributed by atoms with van der Waals surface area (Å²) in [6, 6.07) is 11.3. The molecule has 0 unspecified atom stereocenters. The maximum Gasteiger partial charge on any atom is 0.339 e. The molecule has 0 aliphatic carbocycles. The van der Waals surface area contributed by atoms with Gasteiger partial charge in [-0.05, 0) is 24.3 Å². The first-order valence-electron chi connectivity index (χ1n) is 6.00. The van der Waals surface area contributed by atoms with Crippen LogP contribution in [0.1, 0.15) is 26.4 Å². The highest BCUT2D eigenvalue weighted by molar-refractivity contribution is 6.07. The third-order valence-corrected chi connectivity index (χ3v) is 2.71. The van der Waals surface area contributed by atoms with Gasteiger partial charge in [-0.25, -0.2) is 9.78 Å². The fourth-order valence-corrected chi connectivity index (χ4v) is 1.66. The van der Waals surface area contributed by atoms with Gasteiger partial charge in [-0.2, -0.15) is 5.26 Å². The summed E-state index contributed by atoms with van der Waals surface area (Å²) in [5, 5.41) is 11.3. The monoisotopic (exact) mass is 281 g/mol. The summed E-state index contributed by atoms with van der Waals surface area (Å²) in [4.78, 5) is 27.6. The molecular weight excluding hydrogens is 270 g/mol. The fraction of sp³-hybridized carbons (Fsp3) is 0.0667. The molecule has 0 atom stereocenters. The number of hydrogen-bond donors (Lipinski definition) is 1. The zero-order valence-electron chi connectivity index (χ0n) is 11.2. The number of rotatable bonds is 3. The second-order valence-corrected chi connectivity index (χ2v) is 4.04. The summed E-state index contributed by atoms with van der Waals surface area (Å²) in [6.45, 7) is 0. The van der Waals surface area contributed by atoms with Crippen molar-refractivity contribution in [3.05, 3.63) is 59.4 Å². The van der Waals surface area contributed by atoms with E-state index >= 15 is 0 Å². The van der Waals surface area contributed by atoms with Crippen LogP contribution in [-0.4, -0.2) is 24.0 Å². The Balaban J connectivity index is 2.23. The number of nitrogens with one attached hydrogen (secondary N) is 1. The van der Waals surface area contributed by atoms with E-state index in [1.165, 1.54) is 25.4 Å². The van der Waals surface area contributed by atoms with E-state index in [1.807, 2.05) is 6.07 Å². The van der Waals surface area contributed by atoms with Crippen LogP contribution in [0.4, 0.5) is 5.69 Å². The molecule has 2 aromatic rings. The molecule has 2 rings (SSSR count). The van der Waals surface area contributed by atoms with E-state index in [4.69, 9.17) is 5.26 Å². The number of pyridine rings is 1. The van der Waals surface area contributed by atoms with Gasteiger partial charge in [-0.15, -0.1) is 0 Å². The van der Waals surface area contributed by atoms with Crippen molar-refractivity contribution in [2.24, 2.45) is 0 Å². The highest BCUT2D eigenvalue weighted by Gasteiger charge is 2.14. The first-order chi connectivity index (χ1) is 10.2. The first-order valence-corrected chi connectivity index (χ1v) is 6.00. The standard InChI is InChI=1S/C15H11N3O3/c1-21-15(20)11-4-2-3-5-12(11)18-14(19)13-7-6-10(8-16)9-17-13/h2-7,9H,1H3,(H,18,19). The van der Waals surface area contributed by atoms with Gasteiger partial charge < -0.3 is 10.1 Å². The number of nitrogens with zero attached hydrogens (tertiary/aromatic N) is 2. The van der Waals surface area contributed by atoms with Gasteiger partial charge >= 0.3 is 5.97 Å². The minimum atomic E-state index is -0.543. The number of benzene rings is 1. The summed E-state index contributed by atoms with van der Waals surface area (Å²) in [5.74, 6) is -1.02. The maximum absolute atomic E-state index is 12.1. The molecule has 1 amide bonds. The first kappa shape index (κ1) is 14.2. The number of ether oxygens (including phenoxy) is 1. The number of para-hydroxylation sites is 1. The molecule has 6 heteroatoms. The van der Waals surface area contributed by atoms with Gasteiger partial charge in [0.1, 0.15) is 11.8 Å². The summed E-state index contributed by atoms with van der Waals surface area (Å²) in [7, 11) is 1.27. The zero-order valence-corrected chi connectivity index (χ0v) is 11.2. The van der Waals surface area contributed by atoms with E-state index in [9.17, 15) is 9.59 Å². The Bertz CT molecular complexity index is 718. The van der Waals surface area contributed by atoms with E-state index < -0.39 is 11.9 Å². The summed E-state index contributed by atoms with van der Waals surface area (Å²) in [6.07, 6.45) is 1.31. The Hall–Kier alpha value is -3.20. The van der Waals surface area contributed by atoms with Crippen LogP contribution < -0.4 is 5.32 Å². The van der Waals surface area contributed by atoms with E-state index in [0.29, 0.717) is 11.3 Å². The van der Waals surface area contributed by atoms with Crippen molar-refractivity contribution >= 4 is 17.6 Å². The third kappa shape index (κ3) is 3.22. The lowest BCUT2D eigenvalue weighted by Crippen LogP contribution is -2.16. The third-order valence-electron chi connectivity index (χ3n) is 2.71. The summed E-state index contributed by atoms with van der Waals surface area (Å²) < 4.78 is 4.65. The van der Waals surface area contributed by atoms with Gasteiger partial charge in [0.2, 0.25) is 0 Å². The molecule has 1 heterocycles. The molecule has 0 bridgehead atoms. The SMILES string of the molecule is COC(=O)c1ccccc1NC(=O)c1ccc(C#N)cn1. The quantitative estimate of drug-likeness (QED) is 0.868. The molecule has 6 nitrogen and oxygen atoms in total. The molecular formula is C15H11N3O3. The van der Waals surface area contributed by atoms with Crippen molar-refractivity contribution in [1.82, 2.24) is 4.98 Å². The number of esters is 1. The average molecular weight is 281 g/mol. The average Bonchev–Trinajstić information content (AvgIpc) is 2.54. The van der Waals surface area contributed by atoms with Crippen LogP contribution in [0.15, 0.2) is 42.6 Å². The minimum absolute atomic E-state index is 0.147. The van der Waals surface area contributed by atoms with Crippen LogP contribution >= 0.6 is 0 Å². The number of nitriles is 1. The predicted molar refractivity (Wildman–Crippen MR) is 74.7 cm³/mol. The van der Waals surface area contributed by atoms with Crippen molar-refractivity contribution in [2.75, 3.05) is 12.4 Å². The second kappa shape index (κ2) is 6.30. The van der Waals surface area contributed by atoms with Crippen LogP contribution in [0.25, 0.3) is 0 Å². The predicted octanol–water partition coefficient (Wildman–Crippen LogP) is 1.99. The Morgan fingerprint density at radius 3 is 2.62 bits per heavy atom. The smallest absolute Gasteiger partial charge is 0.339 e. The van der Waals surface area contributed by atoms with E-state index in [-0.39, 0.29) is 11.3 Å². The lowest BCUT2D eigenvalue weighted by atomic mass is 10.1. The fourth-order valence-electron chi connectivity index (χ4n) is 1.66. The molecule has 0 saturated heterocycles. The number of hydrogen-bond acceptors (Lipinski definition) is 5. The Labute approximate surface area is 121 Å². The second-order valence-electron chi connectivity index (χ2n) is 4.04. The van der Waals surface area contributed by atoms with Crippen LogP contribution in [-0.2, 0) is 4.74 Å². The van der Waals surface area contributed by atoms with Crippen molar-refractivity contribution in [3.63, 3.8) is 0 Å². The lowest BCUT2D eigenvalue weighted by molar-refractivity contribution is 0.0602. The summed E-state index contributed by atoms with van der Waals surface area (Å²) >= 11 is 0. The molecule has 0 saturated carbocycles. The van der Waals surface area contributed by atoms with Crippen LogP contribution in [0, 0.1) is 11.3 Å². The van der Waals surface area contributed by atoms with Crippen molar-refractivity contribution in [2.45, 2.75) is 0 Å².